The molecular weight excluding hydrogens is 426 g/mol. The molecule has 1 aliphatic heterocycles. The van der Waals surface area contributed by atoms with Crippen LogP contribution in [0.4, 0.5) is 5.69 Å². The second-order valence-corrected chi connectivity index (χ2v) is 7.76. The molecule has 0 radical (unpaired) electrons. The van der Waals surface area contributed by atoms with Crippen molar-refractivity contribution in [3.05, 3.63) is 59.7 Å². The van der Waals surface area contributed by atoms with E-state index < -0.39 is 24.0 Å². The molecule has 0 spiro atoms. The summed E-state index contributed by atoms with van der Waals surface area (Å²) in [6.07, 6.45) is -0.264. The van der Waals surface area contributed by atoms with Gasteiger partial charge in [0.05, 0.1) is 25.2 Å². The zero-order valence-corrected chi connectivity index (χ0v) is 18.9. The summed E-state index contributed by atoms with van der Waals surface area (Å²) in [6.45, 7) is 3.90. The Balaban J connectivity index is 1.59. The van der Waals surface area contributed by atoms with Gasteiger partial charge in [-0.2, -0.15) is 0 Å². The summed E-state index contributed by atoms with van der Waals surface area (Å²) in [5, 5.41) is 0. The van der Waals surface area contributed by atoms with Crippen molar-refractivity contribution in [3.63, 3.8) is 0 Å². The lowest BCUT2D eigenvalue weighted by molar-refractivity contribution is -0.151. The minimum atomic E-state index is -0.983. The molecule has 174 valence electrons. The van der Waals surface area contributed by atoms with Gasteiger partial charge in [-0.1, -0.05) is 6.92 Å². The molecule has 0 unspecified atom stereocenters. The molecule has 3 rings (SSSR count). The smallest absolute Gasteiger partial charge is 0.338 e. The van der Waals surface area contributed by atoms with E-state index in [0.29, 0.717) is 29.2 Å². The van der Waals surface area contributed by atoms with E-state index in [1.54, 1.807) is 48.5 Å². The highest BCUT2D eigenvalue weighted by molar-refractivity contribution is 6.02. The highest BCUT2D eigenvalue weighted by Crippen LogP contribution is 2.27. The van der Waals surface area contributed by atoms with Gasteiger partial charge in [-0.25, -0.2) is 4.79 Å². The van der Waals surface area contributed by atoms with Gasteiger partial charge >= 0.3 is 11.9 Å². The van der Waals surface area contributed by atoms with Crippen LogP contribution in [-0.2, 0) is 19.1 Å². The number of ether oxygens (including phenoxy) is 3. The lowest BCUT2D eigenvalue weighted by Gasteiger charge is -2.18. The minimum absolute atomic E-state index is 0.0113. The van der Waals surface area contributed by atoms with E-state index in [2.05, 4.69) is 0 Å². The van der Waals surface area contributed by atoms with Crippen LogP contribution in [0.25, 0.3) is 0 Å². The Kier molecular flexibility index (Phi) is 7.82. The number of amides is 1. The Morgan fingerprint density at radius 3 is 2.27 bits per heavy atom. The minimum Gasteiger partial charge on any atom is -0.497 e. The fraction of sp³-hybridized carbons (Fsp3) is 0.360. The Morgan fingerprint density at radius 2 is 1.67 bits per heavy atom. The molecule has 8 nitrogen and oxygen atoms in total. The van der Waals surface area contributed by atoms with Crippen molar-refractivity contribution in [2.45, 2.75) is 32.8 Å². The van der Waals surface area contributed by atoms with Crippen LogP contribution in [0.15, 0.2) is 48.5 Å². The lowest BCUT2D eigenvalue weighted by Crippen LogP contribution is -2.30. The topological polar surface area (TPSA) is 99.2 Å². The van der Waals surface area contributed by atoms with Gasteiger partial charge in [0.15, 0.2) is 6.10 Å². The van der Waals surface area contributed by atoms with E-state index in [1.807, 2.05) is 6.92 Å². The van der Waals surface area contributed by atoms with E-state index in [9.17, 15) is 19.2 Å². The van der Waals surface area contributed by atoms with Crippen LogP contribution in [-0.4, -0.2) is 50.0 Å². The fourth-order valence-corrected chi connectivity index (χ4v) is 3.48. The van der Waals surface area contributed by atoms with Gasteiger partial charge in [0, 0.05) is 24.2 Å². The third kappa shape index (κ3) is 5.77. The monoisotopic (exact) mass is 453 g/mol. The lowest BCUT2D eigenvalue weighted by atomic mass is 10.1. The largest absolute Gasteiger partial charge is 0.497 e. The number of anilines is 1. The van der Waals surface area contributed by atoms with Crippen LogP contribution in [0.2, 0.25) is 0 Å². The van der Waals surface area contributed by atoms with Crippen molar-refractivity contribution in [3.8, 4) is 5.75 Å². The zero-order chi connectivity index (χ0) is 24.0. The SMILES string of the molecule is CCCOC(=O)c1ccc(N2C[C@H](C(=O)O[C@@H](C)C(=O)c3ccc(OC)cc3)CC2=O)cc1. The molecule has 1 fully saturated rings. The first-order chi connectivity index (χ1) is 15.8. The molecule has 1 aliphatic rings. The van der Waals surface area contributed by atoms with Crippen LogP contribution in [0.3, 0.4) is 0 Å². The Hall–Kier alpha value is -3.68. The first kappa shape index (κ1) is 24.0. The fourth-order valence-electron chi connectivity index (χ4n) is 3.48. The van der Waals surface area contributed by atoms with Gasteiger partial charge in [-0.05, 0) is 61.9 Å². The maximum atomic E-state index is 12.6. The number of nitrogens with zero attached hydrogens (tertiary/aromatic N) is 1. The first-order valence-corrected chi connectivity index (χ1v) is 10.8. The maximum Gasteiger partial charge on any atom is 0.338 e. The molecule has 1 amide bonds. The van der Waals surface area contributed by atoms with Crippen LogP contribution in [0.1, 0.15) is 47.4 Å². The number of hydrogen-bond donors (Lipinski definition) is 0. The average molecular weight is 453 g/mol. The number of carbonyl (C=O) groups excluding carboxylic acids is 4. The molecule has 2 aromatic carbocycles. The van der Waals surface area contributed by atoms with Crippen molar-refractivity contribution < 1.29 is 33.4 Å². The summed E-state index contributed by atoms with van der Waals surface area (Å²) in [7, 11) is 1.53. The Morgan fingerprint density at radius 1 is 1.03 bits per heavy atom. The summed E-state index contributed by atoms with van der Waals surface area (Å²) in [6, 6.07) is 13.0. The standard InChI is InChI=1S/C25H27NO7/c1-4-13-32-24(29)18-5-9-20(10-6-18)26-15-19(14-22(26)27)25(30)33-16(2)23(28)17-7-11-21(31-3)12-8-17/h5-12,16,19H,4,13-15H2,1-3H3/t16-,19+/m0/s1. The third-order valence-electron chi connectivity index (χ3n) is 5.35. The van der Waals surface area contributed by atoms with E-state index in [1.165, 1.54) is 18.9 Å². The van der Waals surface area contributed by atoms with E-state index in [-0.39, 0.29) is 24.7 Å². The number of hydrogen-bond acceptors (Lipinski definition) is 7. The number of rotatable bonds is 9. The highest BCUT2D eigenvalue weighted by Gasteiger charge is 2.37. The van der Waals surface area contributed by atoms with Gasteiger partial charge in [0.2, 0.25) is 11.7 Å². The molecule has 8 heteroatoms. The highest BCUT2D eigenvalue weighted by atomic mass is 16.5. The molecule has 0 aromatic heterocycles. The van der Waals surface area contributed by atoms with Gasteiger partial charge < -0.3 is 19.1 Å². The molecular formula is C25H27NO7. The number of carbonyl (C=O) groups is 4. The second-order valence-electron chi connectivity index (χ2n) is 7.76. The summed E-state index contributed by atoms with van der Waals surface area (Å²) in [4.78, 5) is 51.1. The zero-order valence-electron chi connectivity index (χ0n) is 18.9. The van der Waals surface area contributed by atoms with Crippen molar-refractivity contribution in [2.75, 3.05) is 25.2 Å². The predicted octanol–water partition coefficient (Wildman–Crippen LogP) is 3.43. The van der Waals surface area contributed by atoms with E-state index >= 15 is 0 Å². The molecule has 0 bridgehead atoms. The van der Waals surface area contributed by atoms with Gasteiger partial charge in [0.25, 0.3) is 0 Å². The normalized spacial score (nSPS) is 16.3. The van der Waals surface area contributed by atoms with Crippen LogP contribution >= 0.6 is 0 Å². The van der Waals surface area contributed by atoms with Crippen molar-refractivity contribution in [2.24, 2.45) is 5.92 Å². The molecule has 0 N–H and O–H groups in total. The van der Waals surface area contributed by atoms with Gasteiger partial charge in [-0.15, -0.1) is 0 Å². The average Bonchev–Trinajstić information content (AvgIpc) is 3.23. The molecule has 2 atom stereocenters. The molecule has 2 aromatic rings. The summed E-state index contributed by atoms with van der Waals surface area (Å²) in [5.41, 5.74) is 1.36. The van der Waals surface area contributed by atoms with Gasteiger partial charge in [0.1, 0.15) is 5.75 Å². The number of benzene rings is 2. The van der Waals surface area contributed by atoms with E-state index in [4.69, 9.17) is 14.2 Å². The molecule has 33 heavy (non-hydrogen) atoms. The predicted molar refractivity (Wildman–Crippen MR) is 120 cm³/mol. The second kappa shape index (κ2) is 10.8. The van der Waals surface area contributed by atoms with Crippen molar-refractivity contribution in [1.82, 2.24) is 0 Å². The number of methoxy groups -OCH3 is 1. The Labute approximate surface area is 192 Å². The summed E-state index contributed by atoms with van der Waals surface area (Å²) >= 11 is 0. The molecule has 1 saturated heterocycles. The molecule has 0 aliphatic carbocycles. The summed E-state index contributed by atoms with van der Waals surface area (Å²) < 4.78 is 15.5. The van der Waals surface area contributed by atoms with Crippen LogP contribution in [0.5, 0.6) is 5.75 Å². The number of Topliss-reactive ketones (excluding diaryl/α,β-unsaturated/α-hetero) is 1. The first-order valence-electron chi connectivity index (χ1n) is 10.8. The number of ketones is 1. The third-order valence-corrected chi connectivity index (χ3v) is 5.35. The van der Waals surface area contributed by atoms with Gasteiger partial charge in [-0.3, -0.25) is 14.4 Å². The number of esters is 2. The molecule has 0 saturated carbocycles. The van der Waals surface area contributed by atoms with Crippen LogP contribution < -0.4 is 9.64 Å². The van der Waals surface area contributed by atoms with Crippen molar-refractivity contribution >= 4 is 29.3 Å². The van der Waals surface area contributed by atoms with E-state index in [0.717, 1.165) is 6.42 Å². The summed E-state index contributed by atoms with van der Waals surface area (Å²) in [5.74, 6) is -1.65. The van der Waals surface area contributed by atoms with Crippen LogP contribution in [0, 0.1) is 5.92 Å². The van der Waals surface area contributed by atoms with Crippen molar-refractivity contribution in [1.29, 1.82) is 0 Å². The maximum absolute atomic E-state index is 12.6. The quantitative estimate of drug-likeness (QED) is 0.424. The Bertz CT molecular complexity index is 1010. The molecule has 1 heterocycles.